The van der Waals surface area contributed by atoms with E-state index in [4.69, 9.17) is 15.2 Å². The third-order valence-corrected chi connectivity index (χ3v) is 6.68. The summed E-state index contributed by atoms with van der Waals surface area (Å²) in [4.78, 5) is 38.5. The zero-order chi connectivity index (χ0) is 24.2. The van der Waals surface area contributed by atoms with Gasteiger partial charge in [-0.2, -0.15) is 0 Å². The van der Waals surface area contributed by atoms with Crippen molar-refractivity contribution in [3.05, 3.63) is 81.5 Å². The van der Waals surface area contributed by atoms with Crippen LogP contribution < -0.4 is 15.8 Å². The number of nitrogens with one attached hydrogen (secondary N) is 1. The van der Waals surface area contributed by atoms with E-state index in [0.717, 1.165) is 35.3 Å². The van der Waals surface area contributed by atoms with Crippen molar-refractivity contribution >= 4 is 34.1 Å². The summed E-state index contributed by atoms with van der Waals surface area (Å²) < 4.78 is 24.2. The van der Waals surface area contributed by atoms with Crippen LogP contribution in [0.3, 0.4) is 0 Å². The predicted molar refractivity (Wildman–Crippen MR) is 126 cm³/mol. The zero-order valence-electron chi connectivity index (χ0n) is 18.4. The highest BCUT2D eigenvalue weighted by atomic mass is 32.1. The van der Waals surface area contributed by atoms with Crippen molar-refractivity contribution < 1.29 is 28.2 Å². The molecule has 0 saturated heterocycles. The van der Waals surface area contributed by atoms with Gasteiger partial charge in [0.1, 0.15) is 28.7 Å². The van der Waals surface area contributed by atoms with Crippen LogP contribution in [0.15, 0.2) is 48.5 Å². The third-order valence-electron chi connectivity index (χ3n) is 5.47. The van der Waals surface area contributed by atoms with Gasteiger partial charge in [0.15, 0.2) is 6.10 Å². The van der Waals surface area contributed by atoms with Crippen LogP contribution in [0.2, 0.25) is 0 Å². The number of benzene rings is 2. The van der Waals surface area contributed by atoms with E-state index in [1.807, 2.05) is 0 Å². The molecule has 1 unspecified atom stereocenters. The molecule has 0 saturated carbocycles. The zero-order valence-corrected chi connectivity index (χ0v) is 19.2. The van der Waals surface area contributed by atoms with Crippen LogP contribution in [0.4, 0.5) is 9.39 Å². The number of fused-ring (bicyclic) bond motifs is 1. The SMILES string of the molecule is CC(OC(=O)c1ccccc1OCc1ccc(F)cc1)C(=O)Nc1sc2c(c1C(N)=O)CCC2. The Kier molecular flexibility index (Phi) is 6.93. The van der Waals surface area contributed by atoms with Crippen LogP contribution in [0.25, 0.3) is 0 Å². The number of carbonyl (C=O) groups is 3. The van der Waals surface area contributed by atoms with E-state index >= 15 is 0 Å². The molecular formula is C25H23FN2O5S. The van der Waals surface area contributed by atoms with E-state index in [1.54, 1.807) is 30.3 Å². The summed E-state index contributed by atoms with van der Waals surface area (Å²) in [5, 5.41) is 3.07. The molecule has 7 nitrogen and oxygen atoms in total. The van der Waals surface area contributed by atoms with Crippen molar-refractivity contribution in [3.8, 4) is 5.75 Å². The van der Waals surface area contributed by atoms with Crippen molar-refractivity contribution in [1.29, 1.82) is 0 Å². The topological polar surface area (TPSA) is 108 Å². The lowest BCUT2D eigenvalue weighted by Gasteiger charge is -2.15. The smallest absolute Gasteiger partial charge is 0.342 e. The van der Waals surface area contributed by atoms with Gasteiger partial charge in [0.05, 0.1) is 5.56 Å². The van der Waals surface area contributed by atoms with E-state index in [2.05, 4.69) is 5.32 Å². The van der Waals surface area contributed by atoms with Gasteiger partial charge in [0.25, 0.3) is 11.8 Å². The number of primary amides is 1. The molecule has 1 aromatic heterocycles. The number of rotatable bonds is 8. The van der Waals surface area contributed by atoms with E-state index in [0.29, 0.717) is 10.6 Å². The number of carbonyl (C=O) groups excluding carboxylic acids is 3. The molecule has 2 aromatic carbocycles. The summed E-state index contributed by atoms with van der Waals surface area (Å²) in [5.74, 6) is -1.97. The van der Waals surface area contributed by atoms with Crippen molar-refractivity contribution in [2.24, 2.45) is 5.73 Å². The van der Waals surface area contributed by atoms with Crippen LogP contribution in [0, 0.1) is 5.82 Å². The van der Waals surface area contributed by atoms with Crippen LogP contribution in [-0.4, -0.2) is 23.9 Å². The molecular weight excluding hydrogens is 459 g/mol. The Morgan fingerprint density at radius 3 is 2.59 bits per heavy atom. The van der Waals surface area contributed by atoms with Gasteiger partial charge in [-0.15, -0.1) is 11.3 Å². The standard InChI is InChI=1S/C25H23FN2O5S/c1-14(23(30)28-24-21(22(27)29)18-6-4-8-20(18)34-24)33-25(31)17-5-2-3-7-19(17)32-13-15-9-11-16(26)12-10-15/h2-3,5,7,9-12,14H,4,6,8,13H2,1H3,(H2,27,29)(H,28,30). The minimum atomic E-state index is -1.13. The first kappa shape index (κ1) is 23.4. The molecule has 1 heterocycles. The number of aryl methyl sites for hydroxylation is 1. The molecule has 4 rings (SSSR count). The number of nitrogens with two attached hydrogens (primary N) is 1. The summed E-state index contributed by atoms with van der Waals surface area (Å²) in [6.45, 7) is 1.57. The Morgan fingerprint density at radius 1 is 1.12 bits per heavy atom. The molecule has 9 heteroatoms. The second-order valence-electron chi connectivity index (χ2n) is 7.87. The highest BCUT2D eigenvalue weighted by Crippen LogP contribution is 2.39. The Balaban J connectivity index is 1.41. The van der Waals surface area contributed by atoms with E-state index in [-0.39, 0.29) is 23.7 Å². The molecule has 1 atom stereocenters. The molecule has 1 aliphatic rings. The average molecular weight is 483 g/mol. The van der Waals surface area contributed by atoms with Crippen molar-refractivity contribution in [2.75, 3.05) is 5.32 Å². The Labute approximate surface area is 199 Å². The lowest BCUT2D eigenvalue weighted by molar-refractivity contribution is -0.123. The first-order valence-corrected chi connectivity index (χ1v) is 11.6. The molecule has 0 bridgehead atoms. The Bertz CT molecular complexity index is 1240. The molecule has 3 aromatic rings. The summed E-state index contributed by atoms with van der Waals surface area (Å²) in [6, 6.07) is 12.3. The highest BCUT2D eigenvalue weighted by molar-refractivity contribution is 7.17. The molecule has 0 spiro atoms. The van der Waals surface area contributed by atoms with E-state index < -0.39 is 23.9 Å². The van der Waals surface area contributed by atoms with Crippen LogP contribution in [0.5, 0.6) is 5.75 Å². The number of thiophene rings is 1. The molecule has 2 amide bonds. The molecule has 1 aliphatic carbocycles. The van der Waals surface area contributed by atoms with Gasteiger partial charge in [-0.1, -0.05) is 24.3 Å². The fourth-order valence-electron chi connectivity index (χ4n) is 3.75. The van der Waals surface area contributed by atoms with Gasteiger partial charge in [-0.05, 0) is 61.6 Å². The number of para-hydroxylation sites is 1. The summed E-state index contributed by atoms with van der Waals surface area (Å²) >= 11 is 1.33. The largest absolute Gasteiger partial charge is 0.488 e. The van der Waals surface area contributed by atoms with Crippen LogP contribution >= 0.6 is 11.3 Å². The normalized spacial score (nSPS) is 13.1. The lowest BCUT2D eigenvalue weighted by atomic mass is 10.1. The average Bonchev–Trinajstić information content (AvgIpc) is 3.39. The van der Waals surface area contributed by atoms with Gasteiger partial charge in [-0.25, -0.2) is 9.18 Å². The maximum absolute atomic E-state index is 13.1. The molecule has 3 N–H and O–H groups in total. The maximum atomic E-state index is 13.1. The fraction of sp³-hybridized carbons (Fsp3) is 0.240. The molecule has 0 aliphatic heterocycles. The van der Waals surface area contributed by atoms with Crippen molar-refractivity contribution in [1.82, 2.24) is 0 Å². The van der Waals surface area contributed by atoms with Crippen LogP contribution in [-0.2, 0) is 29.0 Å². The minimum absolute atomic E-state index is 0.125. The first-order chi connectivity index (χ1) is 16.3. The second kappa shape index (κ2) is 10.0. The van der Waals surface area contributed by atoms with Gasteiger partial charge in [-0.3, -0.25) is 9.59 Å². The van der Waals surface area contributed by atoms with Crippen molar-refractivity contribution in [2.45, 2.75) is 38.9 Å². The number of hydrogen-bond acceptors (Lipinski definition) is 6. The monoisotopic (exact) mass is 482 g/mol. The first-order valence-electron chi connectivity index (χ1n) is 10.8. The summed E-state index contributed by atoms with van der Waals surface area (Å²) in [7, 11) is 0. The second-order valence-corrected chi connectivity index (χ2v) is 8.98. The summed E-state index contributed by atoms with van der Waals surface area (Å²) in [5.41, 5.74) is 7.64. The van der Waals surface area contributed by atoms with Gasteiger partial charge < -0.3 is 20.5 Å². The molecule has 0 fully saturated rings. The number of ether oxygens (including phenoxy) is 2. The highest BCUT2D eigenvalue weighted by Gasteiger charge is 2.28. The lowest BCUT2D eigenvalue weighted by Crippen LogP contribution is -2.30. The number of hydrogen-bond donors (Lipinski definition) is 2. The molecule has 34 heavy (non-hydrogen) atoms. The fourth-order valence-corrected chi connectivity index (χ4v) is 5.04. The van der Waals surface area contributed by atoms with Gasteiger partial charge in [0.2, 0.25) is 0 Å². The Hall–Kier alpha value is -3.72. The molecule has 176 valence electrons. The number of esters is 1. The van der Waals surface area contributed by atoms with Gasteiger partial charge in [0, 0.05) is 4.88 Å². The predicted octanol–water partition coefficient (Wildman–Crippen LogP) is 4.24. The minimum Gasteiger partial charge on any atom is -0.488 e. The number of halogens is 1. The Morgan fingerprint density at radius 2 is 1.85 bits per heavy atom. The quantitative estimate of drug-likeness (QED) is 0.467. The van der Waals surface area contributed by atoms with E-state index in [9.17, 15) is 18.8 Å². The third kappa shape index (κ3) is 5.09. The number of amides is 2. The van der Waals surface area contributed by atoms with Gasteiger partial charge >= 0.3 is 5.97 Å². The summed E-state index contributed by atoms with van der Waals surface area (Å²) in [6.07, 6.45) is 1.41. The number of anilines is 1. The maximum Gasteiger partial charge on any atom is 0.342 e. The van der Waals surface area contributed by atoms with Crippen molar-refractivity contribution in [3.63, 3.8) is 0 Å². The van der Waals surface area contributed by atoms with Crippen LogP contribution in [0.1, 0.15) is 50.1 Å². The van der Waals surface area contributed by atoms with E-state index in [1.165, 1.54) is 36.5 Å². The molecule has 0 radical (unpaired) electrons.